The molecule has 0 aromatic rings. The molecular weight excluding hydrogens is 248 g/mol. The zero-order chi connectivity index (χ0) is 14.8. The van der Waals surface area contributed by atoms with Crippen LogP contribution in [-0.4, -0.2) is 37.3 Å². The van der Waals surface area contributed by atoms with Crippen molar-refractivity contribution in [3.05, 3.63) is 36.7 Å². The first-order chi connectivity index (χ1) is 9.65. The molecule has 1 rings (SSSR count). The third-order valence-electron chi connectivity index (χ3n) is 3.47. The fourth-order valence-corrected chi connectivity index (χ4v) is 2.30. The highest BCUT2D eigenvalue weighted by atomic mass is 15.3. The first-order valence-electron chi connectivity index (χ1n) is 7.34. The number of nitrogens with one attached hydrogen (secondary N) is 2. The molecule has 0 aromatic heterocycles. The Kier molecular flexibility index (Phi) is 7.73. The molecule has 1 aliphatic rings. The molecule has 1 unspecified atom stereocenters. The van der Waals surface area contributed by atoms with Crippen LogP contribution in [0.1, 0.15) is 20.8 Å². The highest BCUT2D eigenvalue weighted by Crippen LogP contribution is 2.20. The maximum atomic E-state index is 4.16. The van der Waals surface area contributed by atoms with E-state index in [1.54, 1.807) is 6.21 Å². The summed E-state index contributed by atoms with van der Waals surface area (Å²) in [6.45, 7) is 14.6. The molecule has 1 saturated heterocycles. The molecule has 0 aliphatic carbocycles. The van der Waals surface area contributed by atoms with Crippen molar-refractivity contribution in [2.24, 2.45) is 16.9 Å². The predicted octanol–water partition coefficient (Wildman–Crippen LogP) is 2.34. The van der Waals surface area contributed by atoms with Crippen molar-refractivity contribution in [1.29, 1.82) is 0 Å². The molecule has 0 spiro atoms. The average molecular weight is 276 g/mol. The third-order valence-corrected chi connectivity index (χ3v) is 3.47. The molecular formula is C16H28N4. The largest absolute Gasteiger partial charge is 0.375 e. The summed E-state index contributed by atoms with van der Waals surface area (Å²) in [6.07, 6.45) is 9.77. The number of hydrogen-bond acceptors (Lipinski definition) is 4. The predicted molar refractivity (Wildman–Crippen MR) is 87.5 cm³/mol. The van der Waals surface area contributed by atoms with Crippen LogP contribution in [0.25, 0.3) is 0 Å². The second-order valence-corrected chi connectivity index (χ2v) is 5.43. The van der Waals surface area contributed by atoms with Gasteiger partial charge in [-0.3, -0.25) is 5.43 Å². The van der Waals surface area contributed by atoms with Gasteiger partial charge in [0, 0.05) is 50.7 Å². The second kappa shape index (κ2) is 9.37. The normalized spacial score (nSPS) is 19.0. The minimum absolute atomic E-state index is 0.397. The van der Waals surface area contributed by atoms with E-state index in [2.05, 4.69) is 54.3 Å². The summed E-state index contributed by atoms with van der Waals surface area (Å²) in [5, 5.41) is 7.48. The summed E-state index contributed by atoms with van der Waals surface area (Å²) >= 11 is 0. The summed E-state index contributed by atoms with van der Waals surface area (Å²) in [5.41, 5.74) is 4.22. The van der Waals surface area contributed by atoms with Crippen LogP contribution in [0.3, 0.4) is 0 Å². The Balaban J connectivity index is 2.32. The molecule has 1 heterocycles. The zero-order valence-corrected chi connectivity index (χ0v) is 13.0. The lowest BCUT2D eigenvalue weighted by Crippen LogP contribution is -2.40. The number of nitrogens with zero attached hydrogens (tertiary/aromatic N) is 2. The third kappa shape index (κ3) is 6.06. The van der Waals surface area contributed by atoms with Crippen LogP contribution in [0.4, 0.5) is 0 Å². The highest BCUT2D eigenvalue weighted by Gasteiger charge is 2.10. The lowest BCUT2D eigenvalue weighted by Gasteiger charge is -2.25. The van der Waals surface area contributed by atoms with Gasteiger partial charge in [-0.05, 0) is 24.5 Å². The maximum absolute atomic E-state index is 4.16. The maximum Gasteiger partial charge on any atom is 0.0486 e. The molecule has 4 heteroatoms. The molecule has 0 saturated carbocycles. The first kappa shape index (κ1) is 16.5. The fraction of sp³-hybridized carbons (Fsp3) is 0.562. The van der Waals surface area contributed by atoms with Gasteiger partial charge in [-0.25, -0.2) is 0 Å². The van der Waals surface area contributed by atoms with Gasteiger partial charge in [0.1, 0.15) is 0 Å². The summed E-state index contributed by atoms with van der Waals surface area (Å²) in [6, 6.07) is 0. The standard InChI is InChI=1S/C16H28N4/c1-5-16(14(2)3)15(4)13-19-18-7-6-10-20-11-8-17-9-12-20/h5-7,10,13-14,16-17,19H,1,8-9,11-12H2,2-4H3/b10-6+,15-13?,18-7-. The van der Waals surface area contributed by atoms with Gasteiger partial charge < -0.3 is 10.2 Å². The Bertz CT molecular complexity index is 363. The van der Waals surface area contributed by atoms with Gasteiger partial charge >= 0.3 is 0 Å². The minimum atomic E-state index is 0.397. The van der Waals surface area contributed by atoms with Crippen LogP contribution in [-0.2, 0) is 0 Å². The van der Waals surface area contributed by atoms with Gasteiger partial charge in [0.2, 0.25) is 0 Å². The first-order valence-corrected chi connectivity index (χ1v) is 7.34. The number of rotatable bonds is 7. The van der Waals surface area contributed by atoms with Crippen LogP contribution in [0.5, 0.6) is 0 Å². The van der Waals surface area contributed by atoms with Crippen LogP contribution in [0.2, 0.25) is 0 Å². The van der Waals surface area contributed by atoms with Crippen molar-refractivity contribution in [1.82, 2.24) is 15.6 Å². The zero-order valence-electron chi connectivity index (χ0n) is 13.0. The van der Waals surface area contributed by atoms with E-state index in [1.165, 1.54) is 5.57 Å². The van der Waals surface area contributed by atoms with Gasteiger partial charge in [0.25, 0.3) is 0 Å². The fourth-order valence-electron chi connectivity index (χ4n) is 2.30. The summed E-state index contributed by atoms with van der Waals surface area (Å²) in [5.74, 6) is 0.955. The van der Waals surface area contributed by atoms with Crippen molar-refractivity contribution in [3.8, 4) is 0 Å². The Morgan fingerprint density at radius 2 is 2.05 bits per heavy atom. The SMILES string of the molecule is C=CC(C(C)=CN/N=C\C=C\N1CCNCC1)C(C)C. The van der Waals surface area contributed by atoms with Gasteiger partial charge in [0.05, 0.1) is 0 Å². The van der Waals surface area contributed by atoms with E-state index in [9.17, 15) is 0 Å². The van der Waals surface area contributed by atoms with Crippen LogP contribution in [0, 0.1) is 11.8 Å². The van der Waals surface area contributed by atoms with Crippen LogP contribution >= 0.6 is 0 Å². The number of allylic oxidation sites excluding steroid dienone is 3. The molecule has 0 amide bonds. The Morgan fingerprint density at radius 3 is 2.65 bits per heavy atom. The number of hydrogen-bond donors (Lipinski definition) is 2. The van der Waals surface area contributed by atoms with E-state index in [0.717, 1.165) is 26.2 Å². The molecule has 0 bridgehead atoms. The van der Waals surface area contributed by atoms with Crippen molar-refractivity contribution in [2.45, 2.75) is 20.8 Å². The van der Waals surface area contributed by atoms with Gasteiger partial charge in [-0.2, -0.15) is 5.10 Å². The van der Waals surface area contributed by atoms with Crippen molar-refractivity contribution in [2.75, 3.05) is 26.2 Å². The summed E-state index contributed by atoms with van der Waals surface area (Å²) in [7, 11) is 0. The Labute approximate surface area is 123 Å². The molecule has 4 nitrogen and oxygen atoms in total. The van der Waals surface area contributed by atoms with Crippen LogP contribution < -0.4 is 10.7 Å². The van der Waals surface area contributed by atoms with Crippen molar-refractivity contribution < 1.29 is 0 Å². The van der Waals surface area contributed by atoms with Gasteiger partial charge in [0.15, 0.2) is 0 Å². The molecule has 2 N–H and O–H groups in total. The molecule has 1 fully saturated rings. The molecule has 0 aromatic carbocycles. The van der Waals surface area contributed by atoms with E-state index in [1.807, 2.05) is 18.4 Å². The van der Waals surface area contributed by atoms with E-state index in [4.69, 9.17) is 0 Å². The van der Waals surface area contributed by atoms with E-state index in [-0.39, 0.29) is 0 Å². The van der Waals surface area contributed by atoms with Crippen molar-refractivity contribution >= 4 is 6.21 Å². The highest BCUT2D eigenvalue weighted by molar-refractivity contribution is 5.70. The van der Waals surface area contributed by atoms with E-state index in [0.29, 0.717) is 11.8 Å². The summed E-state index contributed by atoms with van der Waals surface area (Å²) in [4.78, 5) is 2.29. The lowest BCUT2D eigenvalue weighted by molar-refractivity contribution is 0.324. The monoisotopic (exact) mass is 276 g/mol. The van der Waals surface area contributed by atoms with E-state index >= 15 is 0 Å². The van der Waals surface area contributed by atoms with Crippen LogP contribution in [0.15, 0.2) is 41.8 Å². The number of hydrazone groups is 1. The summed E-state index contributed by atoms with van der Waals surface area (Å²) < 4.78 is 0. The van der Waals surface area contributed by atoms with E-state index < -0.39 is 0 Å². The van der Waals surface area contributed by atoms with Crippen molar-refractivity contribution in [3.63, 3.8) is 0 Å². The smallest absolute Gasteiger partial charge is 0.0486 e. The molecule has 1 atom stereocenters. The average Bonchev–Trinajstić information content (AvgIpc) is 2.44. The second-order valence-electron chi connectivity index (χ2n) is 5.43. The van der Waals surface area contributed by atoms with Gasteiger partial charge in [-0.15, -0.1) is 6.58 Å². The Morgan fingerprint density at radius 1 is 1.35 bits per heavy atom. The topological polar surface area (TPSA) is 39.7 Å². The minimum Gasteiger partial charge on any atom is -0.375 e. The van der Waals surface area contributed by atoms with Gasteiger partial charge in [-0.1, -0.05) is 19.9 Å². The Hall–Kier alpha value is -1.55. The molecule has 1 aliphatic heterocycles. The quantitative estimate of drug-likeness (QED) is 0.426. The molecule has 112 valence electrons. The number of piperazine rings is 1. The lowest BCUT2D eigenvalue weighted by atomic mass is 9.90. The molecule has 0 radical (unpaired) electrons. The molecule has 20 heavy (non-hydrogen) atoms.